The smallest absolute Gasteiger partial charge is 0.255 e. The van der Waals surface area contributed by atoms with Gasteiger partial charge >= 0.3 is 6.68 Å². The summed E-state index contributed by atoms with van der Waals surface area (Å²) in [5.74, 6) is -0.189. The quantitative estimate of drug-likeness (QED) is 0.597. The van der Waals surface area contributed by atoms with Gasteiger partial charge in [-0.2, -0.15) is 13.2 Å². The molecule has 5 heteroatoms. The van der Waals surface area contributed by atoms with Crippen molar-refractivity contribution < 1.29 is 17.6 Å². The van der Waals surface area contributed by atoms with Crippen LogP contribution in [0.3, 0.4) is 0 Å². The van der Waals surface area contributed by atoms with Crippen LogP contribution in [0, 0.1) is 26.6 Å². The Balaban J connectivity index is 0.000000364. The maximum Gasteiger partial charge on any atom is 0.379 e. The van der Waals surface area contributed by atoms with Crippen molar-refractivity contribution in [2.45, 2.75) is 27.5 Å². The Hall–Kier alpha value is -1.13. The average molecular weight is 209 g/mol. The van der Waals surface area contributed by atoms with Gasteiger partial charge in [-0.25, -0.2) is 4.39 Å². The molecular formula is C9H11F4N. The molecule has 0 atom stereocenters. The highest BCUT2D eigenvalue weighted by Crippen LogP contribution is 2.09. The predicted octanol–water partition coefficient (Wildman–Crippen LogP) is 3.32. The van der Waals surface area contributed by atoms with Crippen molar-refractivity contribution in [1.82, 2.24) is 4.98 Å². The number of hydrogen-bond donors (Lipinski definition) is 0. The minimum absolute atomic E-state index is 0.189. The van der Waals surface area contributed by atoms with Crippen LogP contribution in [0.5, 0.6) is 0 Å². The second kappa shape index (κ2) is 5.57. The Morgan fingerprint density at radius 1 is 1.14 bits per heavy atom. The topological polar surface area (TPSA) is 12.9 Å². The number of nitrogens with zero attached hydrogens (tertiary/aromatic N) is 1. The van der Waals surface area contributed by atoms with Crippen molar-refractivity contribution in [2.75, 3.05) is 0 Å². The van der Waals surface area contributed by atoms with E-state index in [1.54, 1.807) is 19.9 Å². The van der Waals surface area contributed by atoms with E-state index in [-0.39, 0.29) is 5.82 Å². The molecule has 0 aliphatic carbocycles. The summed E-state index contributed by atoms with van der Waals surface area (Å²) >= 11 is 0. The van der Waals surface area contributed by atoms with Gasteiger partial charge < -0.3 is 0 Å². The molecule has 1 aromatic rings. The normalized spacial score (nSPS) is 9.71. The van der Waals surface area contributed by atoms with Crippen LogP contribution in [0.4, 0.5) is 17.6 Å². The molecular weight excluding hydrogens is 198 g/mol. The van der Waals surface area contributed by atoms with E-state index in [4.69, 9.17) is 0 Å². The molecule has 0 aliphatic rings. The SMILES string of the molecule is Cc1cc(C)c(F)c(C)n1.FC(F)F. The molecule has 0 fully saturated rings. The van der Waals surface area contributed by atoms with E-state index in [1.807, 2.05) is 6.92 Å². The third-order valence-corrected chi connectivity index (χ3v) is 1.43. The fourth-order valence-corrected chi connectivity index (χ4v) is 1.01. The molecule has 0 spiro atoms. The fourth-order valence-electron chi connectivity index (χ4n) is 1.01. The van der Waals surface area contributed by atoms with Crippen LogP contribution in [-0.4, -0.2) is 11.7 Å². The summed E-state index contributed by atoms with van der Waals surface area (Å²) in [5.41, 5.74) is 2.03. The molecule has 0 radical (unpaired) electrons. The summed E-state index contributed by atoms with van der Waals surface area (Å²) in [6.45, 7) is 1.62. The van der Waals surface area contributed by atoms with E-state index < -0.39 is 6.68 Å². The highest BCUT2D eigenvalue weighted by molar-refractivity contribution is 5.20. The van der Waals surface area contributed by atoms with Crippen molar-refractivity contribution in [1.29, 1.82) is 0 Å². The standard InChI is InChI=1S/C8H10FN.CHF3/c1-5-4-6(2)10-7(3)8(5)9;2-1(3)4/h4H,1-3H3;1H. The molecule has 0 amide bonds. The minimum atomic E-state index is -3.67. The first-order valence-electron chi connectivity index (χ1n) is 3.87. The van der Waals surface area contributed by atoms with Crippen LogP contribution in [0.25, 0.3) is 0 Å². The first-order chi connectivity index (χ1) is 6.34. The van der Waals surface area contributed by atoms with Gasteiger partial charge in [-0.3, -0.25) is 4.98 Å². The van der Waals surface area contributed by atoms with Gasteiger partial charge in [0.25, 0.3) is 0 Å². The van der Waals surface area contributed by atoms with Crippen LogP contribution < -0.4 is 0 Å². The van der Waals surface area contributed by atoms with E-state index in [0.29, 0.717) is 11.3 Å². The molecule has 0 aliphatic heterocycles. The molecule has 0 saturated carbocycles. The third-order valence-electron chi connectivity index (χ3n) is 1.43. The number of pyridine rings is 1. The van der Waals surface area contributed by atoms with E-state index >= 15 is 0 Å². The second-order valence-electron chi connectivity index (χ2n) is 2.73. The molecule has 1 heterocycles. The lowest BCUT2D eigenvalue weighted by atomic mass is 10.2. The lowest BCUT2D eigenvalue weighted by molar-refractivity contribution is 0.00819. The van der Waals surface area contributed by atoms with Crippen molar-refractivity contribution in [3.05, 3.63) is 28.8 Å². The Kier molecular flexibility index (Phi) is 5.12. The maximum atomic E-state index is 12.8. The zero-order valence-electron chi connectivity index (χ0n) is 8.11. The first kappa shape index (κ1) is 12.9. The summed E-state index contributed by atoms with van der Waals surface area (Å²) in [4.78, 5) is 3.96. The largest absolute Gasteiger partial charge is 0.379 e. The predicted molar refractivity (Wildman–Crippen MR) is 45.5 cm³/mol. The molecule has 0 aromatic carbocycles. The lowest BCUT2D eigenvalue weighted by Crippen LogP contribution is -1.93. The molecule has 1 rings (SSSR count). The van der Waals surface area contributed by atoms with Gasteiger partial charge in [0.1, 0.15) is 5.82 Å². The molecule has 1 nitrogen and oxygen atoms in total. The lowest BCUT2D eigenvalue weighted by Gasteiger charge is -2.00. The van der Waals surface area contributed by atoms with E-state index in [0.717, 1.165) is 5.69 Å². The molecule has 0 unspecified atom stereocenters. The molecule has 1 aromatic heterocycles. The Bertz CT molecular complexity index is 273. The molecule has 0 N–H and O–H groups in total. The van der Waals surface area contributed by atoms with E-state index in [9.17, 15) is 17.6 Å². The summed E-state index contributed by atoms with van der Waals surface area (Å²) in [5, 5.41) is 0. The Morgan fingerprint density at radius 3 is 1.93 bits per heavy atom. The molecule has 14 heavy (non-hydrogen) atoms. The highest BCUT2D eigenvalue weighted by Gasteiger charge is 2.01. The van der Waals surface area contributed by atoms with E-state index in [1.165, 1.54) is 0 Å². The van der Waals surface area contributed by atoms with Gasteiger partial charge in [0.05, 0.1) is 5.69 Å². The average Bonchev–Trinajstić information content (AvgIpc) is 1.98. The van der Waals surface area contributed by atoms with Crippen molar-refractivity contribution in [2.24, 2.45) is 0 Å². The third kappa shape index (κ3) is 4.79. The van der Waals surface area contributed by atoms with Gasteiger partial charge in [-0.05, 0) is 32.4 Å². The Labute approximate surface area is 79.8 Å². The van der Waals surface area contributed by atoms with Crippen LogP contribution in [0.1, 0.15) is 17.0 Å². The number of hydrogen-bond acceptors (Lipinski definition) is 1. The summed E-state index contributed by atoms with van der Waals surface area (Å²) in [6, 6.07) is 1.74. The number of aromatic nitrogens is 1. The molecule has 80 valence electrons. The summed E-state index contributed by atoms with van der Waals surface area (Å²) in [6.07, 6.45) is 0. The molecule has 0 bridgehead atoms. The summed E-state index contributed by atoms with van der Waals surface area (Å²) in [7, 11) is 0. The Morgan fingerprint density at radius 2 is 1.57 bits per heavy atom. The number of alkyl halides is 3. The van der Waals surface area contributed by atoms with Crippen LogP contribution in [0.15, 0.2) is 6.07 Å². The van der Waals surface area contributed by atoms with Crippen molar-refractivity contribution in [3.8, 4) is 0 Å². The zero-order valence-corrected chi connectivity index (χ0v) is 8.11. The first-order valence-corrected chi connectivity index (χ1v) is 3.87. The highest BCUT2D eigenvalue weighted by atomic mass is 19.4. The molecule has 0 saturated heterocycles. The van der Waals surface area contributed by atoms with Crippen molar-refractivity contribution in [3.63, 3.8) is 0 Å². The monoisotopic (exact) mass is 209 g/mol. The van der Waals surface area contributed by atoms with Gasteiger partial charge in [0.15, 0.2) is 0 Å². The summed E-state index contributed by atoms with van der Waals surface area (Å²) < 4.78 is 41.8. The number of halogens is 4. The van der Waals surface area contributed by atoms with E-state index in [2.05, 4.69) is 4.98 Å². The minimum Gasteiger partial charge on any atom is -0.255 e. The van der Waals surface area contributed by atoms with Crippen LogP contribution in [-0.2, 0) is 0 Å². The second-order valence-corrected chi connectivity index (χ2v) is 2.73. The maximum absolute atomic E-state index is 12.8. The van der Waals surface area contributed by atoms with Gasteiger partial charge in [-0.1, -0.05) is 0 Å². The number of aryl methyl sites for hydroxylation is 3. The number of rotatable bonds is 0. The van der Waals surface area contributed by atoms with Crippen LogP contribution in [0.2, 0.25) is 0 Å². The van der Waals surface area contributed by atoms with Crippen molar-refractivity contribution >= 4 is 0 Å². The fraction of sp³-hybridized carbons (Fsp3) is 0.444. The van der Waals surface area contributed by atoms with Crippen LogP contribution >= 0.6 is 0 Å². The van der Waals surface area contributed by atoms with Gasteiger partial charge in [0, 0.05) is 5.69 Å². The zero-order chi connectivity index (χ0) is 11.3. The van der Waals surface area contributed by atoms with Gasteiger partial charge in [-0.15, -0.1) is 0 Å². The van der Waals surface area contributed by atoms with Gasteiger partial charge in [0.2, 0.25) is 0 Å².